The van der Waals surface area contributed by atoms with Crippen LogP contribution in [0.1, 0.15) is 24.0 Å². The van der Waals surface area contributed by atoms with Gasteiger partial charge >= 0.3 is 0 Å². The minimum Gasteiger partial charge on any atom is -0.375 e. The summed E-state index contributed by atoms with van der Waals surface area (Å²) in [5.74, 6) is 0.662. The Labute approximate surface area is 138 Å². The largest absolute Gasteiger partial charge is 0.375 e. The molecule has 120 valence electrons. The standard InChI is InChI=1S/C15H18N6OS/c1-10-5-4-8-21-12(10)18-13(20-6-2-3-7-20)11(14(21)22)9-17-19-15(16)23/h4-5,8-9H,2-3,6-7H2,1H3,(H3,16,19,23). The zero-order chi connectivity index (χ0) is 16.4. The highest BCUT2D eigenvalue weighted by Crippen LogP contribution is 2.21. The van der Waals surface area contributed by atoms with Gasteiger partial charge in [-0.05, 0) is 43.6 Å². The summed E-state index contributed by atoms with van der Waals surface area (Å²) < 4.78 is 1.54. The molecule has 3 heterocycles. The van der Waals surface area contributed by atoms with Crippen molar-refractivity contribution in [1.29, 1.82) is 0 Å². The Bertz CT molecular complexity index is 838. The van der Waals surface area contributed by atoms with E-state index in [4.69, 9.17) is 22.9 Å². The topological polar surface area (TPSA) is 88.0 Å². The molecule has 8 heteroatoms. The molecule has 23 heavy (non-hydrogen) atoms. The van der Waals surface area contributed by atoms with E-state index < -0.39 is 0 Å². The van der Waals surface area contributed by atoms with Crippen LogP contribution in [-0.4, -0.2) is 33.8 Å². The van der Waals surface area contributed by atoms with Crippen molar-refractivity contribution in [1.82, 2.24) is 14.8 Å². The van der Waals surface area contributed by atoms with Crippen LogP contribution in [0.25, 0.3) is 5.65 Å². The molecule has 0 radical (unpaired) electrons. The lowest BCUT2D eigenvalue weighted by atomic mass is 10.2. The smallest absolute Gasteiger partial charge is 0.268 e. The lowest BCUT2D eigenvalue weighted by Crippen LogP contribution is -2.29. The van der Waals surface area contributed by atoms with Crippen molar-refractivity contribution >= 4 is 35.0 Å². The number of nitrogens with two attached hydrogens (primary N) is 1. The summed E-state index contributed by atoms with van der Waals surface area (Å²) in [5, 5.41) is 3.99. The third-order valence-electron chi connectivity index (χ3n) is 3.84. The fourth-order valence-corrected chi connectivity index (χ4v) is 2.80. The average molecular weight is 330 g/mol. The highest BCUT2D eigenvalue weighted by molar-refractivity contribution is 7.80. The number of rotatable bonds is 3. The molecule has 2 aromatic rings. The summed E-state index contributed by atoms with van der Waals surface area (Å²) in [6.07, 6.45) is 5.34. The second kappa shape index (κ2) is 6.33. The van der Waals surface area contributed by atoms with Gasteiger partial charge in [0.25, 0.3) is 5.56 Å². The highest BCUT2D eigenvalue weighted by Gasteiger charge is 2.20. The fourth-order valence-electron chi connectivity index (χ4n) is 2.74. The van der Waals surface area contributed by atoms with Crippen molar-refractivity contribution in [2.45, 2.75) is 19.8 Å². The van der Waals surface area contributed by atoms with Crippen LogP contribution >= 0.6 is 12.2 Å². The number of aryl methyl sites for hydroxylation is 1. The first-order valence-electron chi connectivity index (χ1n) is 7.43. The molecule has 1 fully saturated rings. The van der Waals surface area contributed by atoms with Crippen LogP contribution in [0.15, 0.2) is 28.2 Å². The zero-order valence-electron chi connectivity index (χ0n) is 12.8. The Hall–Kier alpha value is -2.48. The lowest BCUT2D eigenvalue weighted by molar-refractivity contribution is 0.912. The van der Waals surface area contributed by atoms with Crippen molar-refractivity contribution in [2.24, 2.45) is 10.8 Å². The molecular weight excluding hydrogens is 312 g/mol. The third kappa shape index (κ3) is 3.02. The summed E-state index contributed by atoms with van der Waals surface area (Å²) in [7, 11) is 0. The molecule has 0 aliphatic carbocycles. The number of nitrogens with one attached hydrogen (secondary N) is 1. The Balaban J connectivity index is 2.19. The maximum Gasteiger partial charge on any atom is 0.268 e. The van der Waals surface area contributed by atoms with Gasteiger partial charge in [-0.15, -0.1) is 0 Å². The first kappa shape index (κ1) is 15.4. The second-order valence-electron chi connectivity index (χ2n) is 5.47. The van der Waals surface area contributed by atoms with E-state index >= 15 is 0 Å². The van der Waals surface area contributed by atoms with Crippen LogP contribution in [0.3, 0.4) is 0 Å². The van der Waals surface area contributed by atoms with E-state index in [1.807, 2.05) is 19.1 Å². The van der Waals surface area contributed by atoms with Crippen LogP contribution in [0.4, 0.5) is 5.82 Å². The van der Waals surface area contributed by atoms with Gasteiger partial charge in [-0.1, -0.05) is 6.07 Å². The van der Waals surface area contributed by atoms with E-state index in [0.29, 0.717) is 17.0 Å². The Morgan fingerprint density at radius 1 is 1.48 bits per heavy atom. The number of nitrogens with zero attached hydrogens (tertiary/aromatic N) is 4. The number of pyridine rings is 1. The SMILES string of the molecule is Cc1cccn2c(=O)c(C=NNC(N)=S)c(N3CCCC3)nc12. The lowest BCUT2D eigenvalue weighted by Gasteiger charge is -2.19. The van der Waals surface area contributed by atoms with Gasteiger partial charge in [-0.2, -0.15) is 5.10 Å². The molecule has 0 spiro atoms. The van der Waals surface area contributed by atoms with E-state index in [1.54, 1.807) is 6.20 Å². The molecule has 1 aliphatic rings. The van der Waals surface area contributed by atoms with E-state index in [1.165, 1.54) is 10.6 Å². The second-order valence-corrected chi connectivity index (χ2v) is 5.91. The predicted octanol–water partition coefficient (Wildman–Crippen LogP) is 0.770. The monoisotopic (exact) mass is 330 g/mol. The molecule has 0 atom stereocenters. The number of thiocarbonyl (C=S) groups is 1. The molecule has 0 unspecified atom stereocenters. The number of anilines is 1. The minimum absolute atomic E-state index is 0.0497. The van der Waals surface area contributed by atoms with E-state index in [2.05, 4.69) is 15.4 Å². The van der Waals surface area contributed by atoms with Crippen molar-refractivity contribution in [3.63, 3.8) is 0 Å². The number of aromatic nitrogens is 2. The van der Waals surface area contributed by atoms with Gasteiger partial charge < -0.3 is 10.6 Å². The highest BCUT2D eigenvalue weighted by atomic mass is 32.1. The summed E-state index contributed by atoms with van der Waals surface area (Å²) in [6.45, 7) is 3.72. The van der Waals surface area contributed by atoms with Crippen LogP contribution in [-0.2, 0) is 0 Å². The summed E-state index contributed by atoms with van der Waals surface area (Å²) >= 11 is 4.72. The molecular formula is C15H18N6OS. The van der Waals surface area contributed by atoms with Gasteiger partial charge in [0.2, 0.25) is 0 Å². The fraction of sp³-hybridized carbons (Fsp3) is 0.333. The van der Waals surface area contributed by atoms with Gasteiger partial charge in [-0.3, -0.25) is 14.6 Å². The number of fused-ring (bicyclic) bond motifs is 1. The maximum atomic E-state index is 12.8. The number of hydrazone groups is 1. The first-order chi connectivity index (χ1) is 11.1. The molecule has 3 N–H and O–H groups in total. The third-order valence-corrected chi connectivity index (χ3v) is 3.93. The van der Waals surface area contributed by atoms with Crippen molar-refractivity contribution in [3.8, 4) is 0 Å². The minimum atomic E-state index is -0.158. The average Bonchev–Trinajstić information content (AvgIpc) is 3.04. The van der Waals surface area contributed by atoms with Gasteiger partial charge in [0, 0.05) is 19.3 Å². The Morgan fingerprint density at radius 2 is 2.22 bits per heavy atom. The van der Waals surface area contributed by atoms with Crippen LogP contribution in [0.2, 0.25) is 0 Å². The van der Waals surface area contributed by atoms with Gasteiger partial charge in [0.05, 0.1) is 6.21 Å². The Kier molecular flexibility index (Phi) is 4.24. The molecule has 2 aromatic heterocycles. The molecule has 1 saturated heterocycles. The maximum absolute atomic E-state index is 12.8. The molecule has 1 aliphatic heterocycles. The first-order valence-corrected chi connectivity index (χ1v) is 7.84. The van der Waals surface area contributed by atoms with E-state index in [-0.39, 0.29) is 10.7 Å². The molecule has 3 rings (SSSR count). The van der Waals surface area contributed by atoms with Gasteiger partial charge in [-0.25, -0.2) is 4.98 Å². The number of hydrogen-bond acceptors (Lipinski definition) is 5. The van der Waals surface area contributed by atoms with Crippen molar-refractivity contribution < 1.29 is 0 Å². The summed E-state index contributed by atoms with van der Waals surface area (Å²) in [6, 6.07) is 3.77. The van der Waals surface area contributed by atoms with Crippen LogP contribution < -0.4 is 21.6 Å². The van der Waals surface area contributed by atoms with Crippen molar-refractivity contribution in [3.05, 3.63) is 39.8 Å². The molecule has 0 amide bonds. The molecule has 0 aromatic carbocycles. The van der Waals surface area contributed by atoms with E-state index in [0.717, 1.165) is 31.5 Å². The Morgan fingerprint density at radius 3 is 2.91 bits per heavy atom. The van der Waals surface area contributed by atoms with Crippen molar-refractivity contribution in [2.75, 3.05) is 18.0 Å². The van der Waals surface area contributed by atoms with Gasteiger partial charge in [0.15, 0.2) is 5.11 Å². The van der Waals surface area contributed by atoms with Crippen LogP contribution in [0, 0.1) is 6.92 Å². The van der Waals surface area contributed by atoms with E-state index in [9.17, 15) is 4.79 Å². The van der Waals surface area contributed by atoms with Crippen LogP contribution in [0.5, 0.6) is 0 Å². The molecule has 0 bridgehead atoms. The number of hydrogen-bond donors (Lipinski definition) is 2. The zero-order valence-corrected chi connectivity index (χ0v) is 13.6. The van der Waals surface area contributed by atoms with Gasteiger partial charge in [0.1, 0.15) is 17.0 Å². The molecule has 7 nitrogen and oxygen atoms in total. The normalized spacial score (nSPS) is 14.7. The summed E-state index contributed by atoms with van der Waals surface area (Å²) in [4.78, 5) is 19.7. The quantitative estimate of drug-likeness (QED) is 0.491. The summed E-state index contributed by atoms with van der Waals surface area (Å²) in [5.41, 5.74) is 9.74. The molecule has 0 saturated carbocycles. The predicted molar refractivity (Wildman–Crippen MR) is 95.2 cm³/mol.